The van der Waals surface area contributed by atoms with Crippen molar-refractivity contribution in [1.29, 1.82) is 5.41 Å². The molecule has 0 spiro atoms. The molecule has 4 nitrogen and oxygen atoms in total. The van der Waals surface area contributed by atoms with E-state index in [0.717, 1.165) is 18.6 Å². The standard InChI is InChI=1S/C17H20N4S/c1-13(19-2)20-21-17(18)22-12-14-8-10-16(11-9-14)15-6-4-3-5-7-15/h4,6-11,18H,3,5,12H2,1-2H3/b18-17?,19-13-,21-20-. The van der Waals surface area contributed by atoms with Gasteiger partial charge in [-0.15, -0.1) is 10.2 Å². The first-order valence-electron chi connectivity index (χ1n) is 7.21. The minimum absolute atomic E-state index is 0.199. The summed E-state index contributed by atoms with van der Waals surface area (Å²) in [5, 5.41) is 15.6. The second-order valence-corrected chi connectivity index (χ2v) is 5.86. The highest BCUT2D eigenvalue weighted by atomic mass is 32.2. The molecule has 2 rings (SSSR count). The summed E-state index contributed by atoms with van der Waals surface area (Å²) in [4.78, 5) is 3.87. The van der Waals surface area contributed by atoms with Crippen LogP contribution in [0, 0.1) is 5.41 Å². The second kappa shape index (κ2) is 8.44. The van der Waals surface area contributed by atoms with E-state index in [2.05, 4.69) is 57.7 Å². The predicted molar refractivity (Wildman–Crippen MR) is 95.7 cm³/mol. The molecule has 0 fully saturated rings. The van der Waals surface area contributed by atoms with E-state index in [1.54, 1.807) is 14.0 Å². The summed E-state index contributed by atoms with van der Waals surface area (Å²) >= 11 is 1.36. The summed E-state index contributed by atoms with van der Waals surface area (Å²) in [6.07, 6.45) is 8.93. The molecule has 0 saturated heterocycles. The van der Waals surface area contributed by atoms with Crippen LogP contribution in [0.3, 0.4) is 0 Å². The van der Waals surface area contributed by atoms with Gasteiger partial charge in [-0.1, -0.05) is 54.3 Å². The van der Waals surface area contributed by atoms with Gasteiger partial charge in [0.25, 0.3) is 0 Å². The van der Waals surface area contributed by atoms with Gasteiger partial charge in [-0.05, 0) is 36.5 Å². The first kappa shape index (κ1) is 16.4. The molecular formula is C17H20N4S. The molecule has 0 saturated carbocycles. The van der Waals surface area contributed by atoms with Crippen LogP contribution in [-0.2, 0) is 5.75 Å². The first-order valence-corrected chi connectivity index (χ1v) is 8.20. The normalized spacial score (nSPS) is 15.2. The van der Waals surface area contributed by atoms with E-state index < -0.39 is 0 Å². The van der Waals surface area contributed by atoms with Gasteiger partial charge in [0.2, 0.25) is 5.17 Å². The molecule has 22 heavy (non-hydrogen) atoms. The van der Waals surface area contributed by atoms with Gasteiger partial charge in [0, 0.05) is 12.8 Å². The molecule has 0 aromatic heterocycles. The quantitative estimate of drug-likeness (QED) is 0.472. The third kappa shape index (κ3) is 5.07. The number of nitrogens with zero attached hydrogens (tertiary/aromatic N) is 3. The Labute approximate surface area is 135 Å². The molecule has 0 radical (unpaired) electrons. The number of hydrogen-bond acceptors (Lipinski definition) is 3. The average Bonchev–Trinajstić information content (AvgIpc) is 2.59. The Kier molecular flexibility index (Phi) is 6.27. The predicted octanol–water partition coefficient (Wildman–Crippen LogP) is 5.09. The van der Waals surface area contributed by atoms with Gasteiger partial charge in [-0.25, -0.2) is 0 Å². The van der Waals surface area contributed by atoms with Gasteiger partial charge in [0.1, 0.15) is 5.84 Å². The minimum atomic E-state index is 0.199. The summed E-state index contributed by atoms with van der Waals surface area (Å²) < 4.78 is 0. The van der Waals surface area contributed by atoms with Crippen LogP contribution in [0.1, 0.15) is 30.9 Å². The van der Waals surface area contributed by atoms with Gasteiger partial charge in [0.15, 0.2) is 0 Å². The Balaban J connectivity index is 1.89. The molecule has 0 heterocycles. The maximum absolute atomic E-state index is 7.74. The number of benzene rings is 1. The first-order chi connectivity index (χ1) is 10.7. The number of thioether (sulfide) groups is 1. The zero-order chi connectivity index (χ0) is 15.8. The van der Waals surface area contributed by atoms with Crippen LogP contribution in [0.2, 0.25) is 0 Å². The molecule has 0 aliphatic heterocycles. The molecule has 0 bridgehead atoms. The van der Waals surface area contributed by atoms with E-state index in [-0.39, 0.29) is 5.17 Å². The fourth-order valence-corrected chi connectivity index (χ4v) is 2.56. The summed E-state index contributed by atoms with van der Waals surface area (Å²) in [6, 6.07) is 8.48. The van der Waals surface area contributed by atoms with Crippen molar-refractivity contribution in [2.24, 2.45) is 15.2 Å². The van der Waals surface area contributed by atoms with Gasteiger partial charge in [0.05, 0.1) is 0 Å². The molecule has 1 aliphatic carbocycles. The van der Waals surface area contributed by atoms with Crippen molar-refractivity contribution in [3.63, 3.8) is 0 Å². The van der Waals surface area contributed by atoms with E-state index in [9.17, 15) is 0 Å². The van der Waals surface area contributed by atoms with Crippen molar-refractivity contribution in [3.05, 3.63) is 53.6 Å². The molecule has 0 amide bonds. The largest absolute Gasteiger partial charge is 0.275 e. The number of nitrogens with one attached hydrogen (secondary N) is 1. The lowest BCUT2D eigenvalue weighted by Gasteiger charge is -2.08. The van der Waals surface area contributed by atoms with Crippen molar-refractivity contribution in [1.82, 2.24) is 0 Å². The summed E-state index contributed by atoms with van der Waals surface area (Å²) in [5.41, 5.74) is 3.71. The number of aliphatic imine (C=N–C) groups is 1. The fourth-order valence-electron chi connectivity index (χ4n) is 1.96. The third-order valence-electron chi connectivity index (χ3n) is 3.27. The van der Waals surface area contributed by atoms with Gasteiger partial charge in [-0.3, -0.25) is 10.4 Å². The lowest BCUT2D eigenvalue weighted by atomic mass is 9.99. The Bertz CT molecular complexity index is 639. The van der Waals surface area contributed by atoms with Crippen molar-refractivity contribution in [3.8, 4) is 0 Å². The van der Waals surface area contributed by atoms with Crippen LogP contribution in [0.15, 0.2) is 57.7 Å². The molecule has 114 valence electrons. The van der Waals surface area contributed by atoms with E-state index in [1.165, 1.54) is 28.5 Å². The Hall–Kier alpha value is -2.01. The Morgan fingerprint density at radius 1 is 1.18 bits per heavy atom. The Morgan fingerprint density at radius 3 is 2.59 bits per heavy atom. The smallest absolute Gasteiger partial charge is 0.202 e. The van der Waals surface area contributed by atoms with Gasteiger partial charge < -0.3 is 0 Å². The highest BCUT2D eigenvalue weighted by molar-refractivity contribution is 8.13. The summed E-state index contributed by atoms with van der Waals surface area (Å²) in [7, 11) is 1.66. The summed E-state index contributed by atoms with van der Waals surface area (Å²) in [6.45, 7) is 1.76. The molecule has 1 aromatic carbocycles. The summed E-state index contributed by atoms with van der Waals surface area (Å²) in [5.74, 6) is 1.29. The van der Waals surface area contributed by atoms with Crippen LogP contribution >= 0.6 is 11.8 Å². The van der Waals surface area contributed by atoms with Gasteiger partial charge >= 0.3 is 0 Å². The number of rotatable bonds is 3. The lowest BCUT2D eigenvalue weighted by Crippen LogP contribution is -1.90. The molecular weight excluding hydrogens is 292 g/mol. The van der Waals surface area contributed by atoms with Gasteiger partial charge in [-0.2, -0.15) is 0 Å². The van der Waals surface area contributed by atoms with Crippen LogP contribution in [-0.4, -0.2) is 18.1 Å². The van der Waals surface area contributed by atoms with Crippen LogP contribution in [0.5, 0.6) is 0 Å². The van der Waals surface area contributed by atoms with E-state index in [0.29, 0.717) is 5.84 Å². The molecule has 1 aliphatic rings. The highest BCUT2D eigenvalue weighted by Gasteiger charge is 2.03. The van der Waals surface area contributed by atoms with Crippen molar-refractivity contribution >= 4 is 28.3 Å². The van der Waals surface area contributed by atoms with Crippen molar-refractivity contribution in [2.45, 2.75) is 25.5 Å². The highest BCUT2D eigenvalue weighted by Crippen LogP contribution is 2.23. The maximum atomic E-state index is 7.74. The molecule has 5 heteroatoms. The van der Waals surface area contributed by atoms with E-state index >= 15 is 0 Å². The number of azo groups is 1. The monoisotopic (exact) mass is 312 g/mol. The minimum Gasteiger partial charge on any atom is -0.275 e. The number of amidine groups is 2. The molecule has 0 atom stereocenters. The maximum Gasteiger partial charge on any atom is 0.202 e. The molecule has 1 N–H and O–H groups in total. The second-order valence-electron chi connectivity index (χ2n) is 4.90. The van der Waals surface area contributed by atoms with Crippen LogP contribution < -0.4 is 0 Å². The lowest BCUT2D eigenvalue weighted by molar-refractivity contribution is 1.04. The van der Waals surface area contributed by atoms with Crippen LogP contribution in [0.4, 0.5) is 0 Å². The van der Waals surface area contributed by atoms with Crippen LogP contribution in [0.25, 0.3) is 5.57 Å². The Morgan fingerprint density at radius 2 is 1.95 bits per heavy atom. The number of allylic oxidation sites excluding steroid dienone is 4. The zero-order valence-corrected chi connectivity index (χ0v) is 13.7. The topological polar surface area (TPSA) is 60.9 Å². The number of hydrogen-bond donors (Lipinski definition) is 1. The molecule has 1 aromatic rings. The van der Waals surface area contributed by atoms with Crippen molar-refractivity contribution < 1.29 is 0 Å². The van der Waals surface area contributed by atoms with E-state index in [1.807, 2.05) is 0 Å². The van der Waals surface area contributed by atoms with E-state index in [4.69, 9.17) is 5.41 Å². The SMILES string of the molecule is C/N=C(C)\N=N/C(=N)SCc1ccc(C2=CCCC=C2)cc1. The third-order valence-corrected chi connectivity index (χ3v) is 4.10. The fraction of sp³-hybridized carbons (Fsp3) is 0.294. The zero-order valence-electron chi connectivity index (χ0n) is 12.9. The molecule has 0 unspecified atom stereocenters. The average molecular weight is 312 g/mol. The van der Waals surface area contributed by atoms with Crippen molar-refractivity contribution in [2.75, 3.05) is 7.05 Å².